The van der Waals surface area contributed by atoms with Crippen LogP contribution in [0.15, 0.2) is 12.5 Å². The van der Waals surface area contributed by atoms with E-state index >= 15 is 0 Å². The maximum atomic E-state index is 9.57. The van der Waals surface area contributed by atoms with E-state index < -0.39 is 12.2 Å². The van der Waals surface area contributed by atoms with Crippen LogP contribution in [-0.4, -0.2) is 37.6 Å². The lowest BCUT2D eigenvalue weighted by Crippen LogP contribution is -2.21. The molecule has 5 heteroatoms. The van der Waals surface area contributed by atoms with E-state index in [1.165, 1.54) is 6.20 Å². The van der Waals surface area contributed by atoms with E-state index in [1.54, 1.807) is 17.9 Å². The molecule has 0 fully saturated rings. The molecule has 1 heterocycles. The third kappa shape index (κ3) is 2.27. The van der Waals surface area contributed by atoms with Gasteiger partial charge in [0.25, 0.3) is 0 Å². The summed E-state index contributed by atoms with van der Waals surface area (Å²) in [7, 11) is 1.73. The second-order valence-electron chi connectivity index (χ2n) is 2.95. The molecule has 0 saturated heterocycles. The molecule has 0 aliphatic rings. The van der Waals surface area contributed by atoms with Crippen molar-refractivity contribution in [1.82, 2.24) is 9.55 Å². The first-order chi connectivity index (χ1) is 6.16. The van der Waals surface area contributed by atoms with Crippen molar-refractivity contribution in [1.29, 1.82) is 0 Å². The van der Waals surface area contributed by atoms with Gasteiger partial charge in [0, 0.05) is 13.7 Å². The summed E-state index contributed by atoms with van der Waals surface area (Å²) in [5, 5.41) is 27.5. The molecule has 2 unspecified atom stereocenters. The molecular formula is C8H14N2O3. The van der Waals surface area contributed by atoms with Crippen molar-refractivity contribution in [2.24, 2.45) is 7.05 Å². The Balaban J connectivity index is 2.67. The molecule has 0 aromatic carbocycles. The Hall–Kier alpha value is -0.910. The van der Waals surface area contributed by atoms with Gasteiger partial charge in [-0.3, -0.25) is 0 Å². The van der Waals surface area contributed by atoms with Crippen molar-refractivity contribution < 1.29 is 15.3 Å². The topological polar surface area (TPSA) is 78.5 Å². The zero-order chi connectivity index (χ0) is 9.84. The number of aromatic nitrogens is 2. The summed E-state index contributed by atoms with van der Waals surface area (Å²) in [6, 6.07) is 0. The molecule has 13 heavy (non-hydrogen) atoms. The minimum Gasteiger partial charge on any atom is -0.396 e. The fourth-order valence-corrected chi connectivity index (χ4v) is 1.14. The van der Waals surface area contributed by atoms with Gasteiger partial charge in [-0.1, -0.05) is 0 Å². The fourth-order valence-electron chi connectivity index (χ4n) is 1.14. The van der Waals surface area contributed by atoms with Crippen molar-refractivity contribution in [3.05, 3.63) is 18.2 Å². The Kier molecular flexibility index (Phi) is 3.41. The second kappa shape index (κ2) is 4.36. The van der Waals surface area contributed by atoms with E-state index in [9.17, 15) is 10.2 Å². The third-order valence-electron chi connectivity index (χ3n) is 1.95. The van der Waals surface area contributed by atoms with Crippen LogP contribution >= 0.6 is 0 Å². The van der Waals surface area contributed by atoms with Gasteiger partial charge < -0.3 is 19.9 Å². The average Bonchev–Trinajstić information content (AvgIpc) is 2.50. The minimum absolute atomic E-state index is 0.143. The highest BCUT2D eigenvalue weighted by Crippen LogP contribution is 2.17. The Morgan fingerprint density at radius 1 is 1.54 bits per heavy atom. The number of aliphatic hydroxyl groups is 3. The first-order valence-electron chi connectivity index (χ1n) is 4.10. The summed E-state index contributed by atoms with van der Waals surface area (Å²) in [4.78, 5) is 3.81. The summed E-state index contributed by atoms with van der Waals surface area (Å²) >= 11 is 0. The number of aliphatic hydroxyl groups excluding tert-OH is 3. The molecule has 74 valence electrons. The number of hydrogen-bond donors (Lipinski definition) is 3. The highest BCUT2D eigenvalue weighted by molar-refractivity contribution is 5.03. The zero-order valence-electron chi connectivity index (χ0n) is 7.46. The molecule has 1 rings (SSSR count). The first-order valence-corrected chi connectivity index (χ1v) is 4.10. The lowest BCUT2D eigenvalue weighted by atomic mass is 10.1. The van der Waals surface area contributed by atoms with E-state index in [-0.39, 0.29) is 13.0 Å². The average molecular weight is 186 g/mol. The van der Waals surface area contributed by atoms with Crippen LogP contribution in [0, 0.1) is 0 Å². The van der Waals surface area contributed by atoms with Crippen molar-refractivity contribution >= 4 is 0 Å². The van der Waals surface area contributed by atoms with Crippen molar-refractivity contribution in [3.8, 4) is 0 Å². The van der Waals surface area contributed by atoms with Crippen LogP contribution in [0.3, 0.4) is 0 Å². The van der Waals surface area contributed by atoms with Gasteiger partial charge >= 0.3 is 0 Å². The van der Waals surface area contributed by atoms with Gasteiger partial charge in [0.1, 0.15) is 6.10 Å². The maximum Gasteiger partial charge on any atom is 0.121 e. The smallest absolute Gasteiger partial charge is 0.121 e. The molecule has 1 aromatic rings. The molecule has 0 bridgehead atoms. The van der Waals surface area contributed by atoms with Gasteiger partial charge in [-0.15, -0.1) is 0 Å². The van der Waals surface area contributed by atoms with E-state index in [1.807, 2.05) is 0 Å². The largest absolute Gasteiger partial charge is 0.396 e. The molecule has 0 amide bonds. The third-order valence-corrected chi connectivity index (χ3v) is 1.95. The standard InChI is InChI=1S/C8H14N2O3/c1-10-5-9-4-6(10)8(13)7(12)2-3-11/h4-5,7-8,11-13H,2-3H2,1H3. The minimum atomic E-state index is -0.986. The number of nitrogens with zero attached hydrogens (tertiary/aromatic N) is 2. The summed E-state index contributed by atoms with van der Waals surface area (Å²) in [5.74, 6) is 0. The molecule has 5 nitrogen and oxygen atoms in total. The summed E-state index contributed by atoms with van der Waals surface area (Å²) in [6.45, 7) is -0.143. The highest BCUT2D eigenvalue weighted by Gasteiger charge is 2.20. The van der Waals surface area contributed by atoms with Crippen LogP contribution in [0.2, 0.25) is 0 Å². The summed E-state index contributed by atoms with van der Waals surface area (Å²) < 4.78 is 1.63. The van der Waals surface area contributed by atoms with Crippen LogP contribution < -0.4 is 0 Å². The number of aryl methyl sites for hydroxylation is 1. The molecule has 3 N–H and O–H groups in total. The summed E-state index contributed by atoms with van der Waals surface area (Å²) in [5.41, 5.74) is 0.543. The van der Waals surface area contributed by atoms with Crippen molar-refractivity contribution in [2.45, 2.75) is 18.6 Å². The van der Waals surface area contributed by atoms with E-state index in [4.69, 9.17) is 5.11 Å². The second-order valence-corrected chi connectivity index (χ2v) is 2.95. The molecule has 0 saturated carbocycles. The van der Waals surface area contributed by atoms with Gasteiger partial charge in [-0.05, 0) is 6.42 Å². The van der Waals surface area contributed by atoms with Crippen LogP contribution in [0.1, 0.15) is 18.2 Å². The molecule has 0 spiro atoms. The molecule has 0 radical (unpaired) electrons. The van der Waals surface area contributed by atoms with Crippen LogP contribution in [0.5, 0.6) is 0 Å². The fraction of sp³-hybridized carbons (Fsp3) is 0.625. The van der Waals surface area contributed by atoms with Crippen LogP contribution in [0.25, 0.3) is 0 Å². The Labute approximate surface area is 76.3 Å². The zero-order valence-corrected chi connectivity index (χ0v) is 7.46. The lowest BCUT2D eigenvalue weighted by Gasteiger charge is -2.16. The van der Waals surface area contributed by atoms with Crippen LogP contribution in [-0.2, 0) is 7.05 Å². The van der Waals surface area contributed by atoms with Gasteiger partial charge in [0.2, 0.25) is 0 Å². The summed E-state index contributed by atoms with van der Waals surface area (Å²) in [6.07, 6.45) is 1.27. The lowest BCUT2D eigenvalue weighted by molar-refractivity contribution is 0.000444. The molecule has 1 aromatic heterocycles. The molecule has 2 atom stereocenters. The van der Waals surface area contributed by atoms with Crippen molar-refractivity contribution in [3.63, 3.8) is 0 Å². The Morgan fingerprint density at radius 3 is 2.69 bits per heavy atom. The SMILES string of the molecule is Cn1cncc1C(O)C(O)CCO. The highest BCUT2D eigenvalue weighted by atomic mass is 16.3. The normalized spacial score (nSPS) is 15.7. The van der Waals surface area contributed by atoms with E-state index in [2.05, 4.69) is 4.98 Å². The molecular weight excluding hydrogens is 172 g/mol. The Bertz CT molecular complexity index is 262. The Morgan fingerprint density at radius 2 is 2.23 bits per heavy atom. The van der Waals surface area contributed by atoms with Gasteiger partial charge in [-0.2, -0.15) is 0 Å². The van der Waals surface area contributed by atoms with Gasteiger partial charge in [-0.25, -0.2) is 4.98 Å². The van der Waals surface area contributed by atoms with Gasteiger partial charge in [0.05, 0.1) is 24.3 Å². The van der Waals surface area contributed by atoms with Crippen LogP contribution in [0.4, 0.5) is 0 Å². The quantitative estimate of drug-likeness (QED) is 0.575. The van der Waals surface area contributed by atoms with Gasteiger partial charge in [0.15, 0.2) is 0 Å². The molecule has 0 aliphatic carbocycles. The van der Waals surface area contributed by atoms with E-state index in [0.29, 0.717) is 5.69 Å². The molecule has 0 aliphatic heterocycles. The maximum absolute atomic E-state index is 9.57. The monoisotopic (exact) mass is 186 g/mol. The van der Waals surface area contributed by atoms with E-state index in [0.717, 1.165) is 0 Å². The predicted octanol–water partition coefficient (Wildman–Crippen LogP) is -0.803. The number of imidazole rings is 1. The van der Waals surface area contributed by atoms with Crippen molar-refractivity contribution in [2.75, 3.05) is 6.61 Å². The number of hydrogen-bond acceptors (Lipinski definition) is 4. The predicted molar refractivity (Wildman–Crippen MR) is 45.9 cm³/mol. The number of rotatable bonds is 4. The first kappa shape index (κ1) is 10.2.